The highest BCUT2D eigenvalue weighted by Crippen LogP contribution is 2.43. The van der Waals surface area contributed by atoms with E-state index in [0.29, 0.717) is 22.6 Å². The largest absolute Gasteiger partial charge is 0.465 e. The normalized spacial score (nSPS) is 19.7. The highest BCUT2D eigenvalue weighted by molar-refractivity contribution is 6.30. The third-order valence-electron chi connectivity index (χ3n) is 4.58. The molecule has 1 unspecified atom stereocenters. The molecule has 0 N–H and O–H groups in total. The van der Waals surface area contributed by atoms with Crippen molar-refractivity contribution in [2.45, 2.75) is 24.7 Å². The van der Waals surface area contributed by atoms with E-state index in [0.717, 1.165) is 30.3 Å². The number of hydrogen-bond donors (Lipinski definition) is 0. The number of halogens is 1. The molecule has 118 valence electrons. The molecule has 1 aliphatic rings. The summed E-state index contributed by atoms with van der Waals surface area (Å²) in [5, 5.41) is 0.659. The van der Waals surface area contributed by atoms with Gasteiger partial charge < -0.3 is 9.53 Å². The van der Waals surface area contributed by atoms with Crippen LogP contribution in [0.2, 0.25) is 5.02 Å². The molecule has 2 aromatic rings. The lowest BCUT2D eigenvalue weighted by Gasteiger charge is -2.36. The van der Waals surface area contributed by atoms with Crippen molar-refractivity contribution in [1.82, 2.24) is 0 Å². The first-order valence-electron chi connectivity index (χ1n) is 7.55. The summed E-state index contributed by atoms with van der Waals surface area (Å²) < 4.78 is 4.89. The lowest BCUT2D eigenvalue weighted by Crippen LogP contribution is -2.35. The summed E-state index contributed by atoms with van der Waals surface area (Å²) >= 11 is 6.10. The minimum Gasteiger partial charge on any atom is -0.465 e. The fourth-order valence-corrected chi connectivity index (χ4v) is 3.72. The van der Waals surface area contributed by atoms with Gasteiger partial charge in [-0.2, -0.15) is 0 Å². The SMILES string of the molecule is COC(=O)c1ccccc1C1(C=O)CCCc2cc(Cl)ccc21. The zero-order valence-corrected chi connectivity index (χ0v) is 13.6. The maximum absolute atomic E-state index is 12.2. The Hall–Kier alpha value is -2.13. The van der Waals surface area contributed by atoms with E-state index in [2.05, 4.69) is 0 Å². The van der Waals surface area contributed by atoms with Gasteiger partial charge in [-0.3, -0.25) is 0 Å². The van der Waals surface area contributed by atoms with Gasteiger partial charge in [0.05, 0.1) is 18.1 Å². The van der Waals surface area contributed by atoms with Gasteiger partial charge >= 0.3 is 5.97 Å². The molecular weight excluding hydrogens is 312 g/mol. The van der Waals surface area contributed by atoms with Gasteiger partial charge in [0.15, 0.2) is 0 Å². The topological polar surface area (TPSA) is 43.4 Å². The molecule has 0 fully saturated rings. The van der Waals surface area contributed by atoms with Crippen LogP contribution in [0.1, 0.15) is 39.9 Å². The zero-order chi connectivity index (χ0) is 16.4. The summed E-state index contributed by atoms with van der Waals surface area (Å²) in [6.45, 7) is 0. The van der Waals surface area contributed by atoms with Crippen molar-refractivity contribution >= 4 is 23.9 Å². The summed E-state index contributed by atoms with van der Waals surface area (Å²) in [4.78, 5) is 24.3. The first-order chi connectivity index (χ1) is 11.1. The Bertz CT molecular complexity index is 769. The van der Waals surface area contributed by atoms with Crippen molar-refractivity contribution < 1.29 is 14.3 Å². The Morgan fingerprint density at radius 3 is 2.74 bits per heavy atom. The minimum atomic E-state index is -0.830. The third-order valence-corrected chi connectivity index (χ3v) is 4.81. The lowest BCUT2D eigenvalue weighted by atomic mass is 9.66. The van der Waals surface area contributed by atoms with Crippen LogP contribution in [-0.4, -0.2) is 19.4 Å². The number of methoxy groups -OCH3 is 1. The maximum Gasteiger partial charge on any atom is 0.338 e. The first kappa shape index (κ1) is 15.8. The maximum atomic E-state index is 12.2. The number of esters is 1. The van der Waals surface area contributed by atoms with E-state index in [1.54, 1.807) is 18.2 Å². The van der Waals surface area contributed by atoms with Crippen molar-refractivity contribution in [2.24, 2.45) is 0 Å². The van der Waals surface area contributed by atoms with E-state index in [1.165, 1.54) is 7.11 Å². The number of carbonyl (C=O) groups excluding carboxylic acids is 2. The van der Waals surface area contributed by atoms with Crippen molar-refractivity contribution in [2.75, 3.05) is 7.11 Å². The quantitative estimate of drug-likeness (QED) is 0.633. The Morgan fingerprint density at radius 2 is 2.00 bits per heavy atom. The van der Waals surface area contributed by atoms with Crippen LogP contribution >= 0.6 is 11.6 Å². The van der Waals surface area contributed by atoms with E-state index in [4.69, 9.17) is 16.3 Å². The van der Waals surface area contributed by atoms with Crippen LogP contribution in [0.15, 0.2) is 42.5 Å². The van der Waals surface area contributed by atoms with E-state index in [9.17, 15) is 9.59 Å². The minimum absolute atomic E-state index is 0.428. The molecule has 0 amide bonds. The van der Waals surface area contributed by atoms with E-state index < -0.39 is 11.4 Å². The molecule has 0 heterocycles. The molecule has 0 saturated heterocycles. The van der Waals surface area contributed by atoms with Crippen molar-refractivity contribution in [3.8, 4) is 0 Å². The number of carbonyl (C=O) groups is 2. The van der Waals surface area contributed by atoms with Crippen LogP contribution in [0.5, 0.6) is 0 Å². The molecule has 4 heteroatoms. The second-order valence-corrected chi connectivity index (χ2v) is 6.22. The van der Waals surface area contributed by atoms with Gasteiger partial charge in [0.2, 0.25) is 0 Å². The van der Waals surface area contributed by atoms with Crippen molar-refractivity contribution in [3.63, 3.8) is 0 Å². The van der Waals surface area contributed by atoms with Crippen molar-refractivity contribution in [1.29, 1.82) is 0 Å². The van der Waals surface area contributed by atoms with Crippen LogP contribution < -0.4 is 0 Å². The van der Waals surface area contributed by atoms with Crippen LogP contribution in [-0.2, 0) is 21.4 Å². The molecule has 0 radical (unpaired) electrons. The van der Waals surface area contributed by atoms with Crippen LogP contribution in [0, 0.1) is 0 Å². The number of fused-ring (bicyclic) bond motifs is 1. The molecule has 1 aliphatic carbocycles. The Morgan fingerprint density at radius 1 is 1.22 bits per heavy atom. The standard InChI is InChI=1S/C19H17ClO3/c1-23-18(22)15-6-2-3-7-17(15)19(12-21)10-4-5-13-11-14(20)8-9-16(13)19/h2-3,6-9,11-12H,4-5,10H2,1H3. The van der Waals surface area contributed by atoms with Gasteiger partial charge in [0.1, 0.15) is 6.29 Å². The van der Waals surface area contributed by atoms with Gasteiger partial charge in [-0.15, -0.1) is 0 Å². The summed E-state index contributed by atoms with van der Waals surface area (Å²) in [7, 11) is 1.35. The molecule has 3 nitrogen and oxygen atoms in total. The molecule has 0 aliphatic heterocycles. The molecule has 0 aromatic heterocycles. The number of ether oxygens (including phenoxy) is 1. The number of benzene rings is 2. The van der Waals surface area contributed by atoms with E-state index in [-0.39, 0.29) is 0 Å². The smallest absolute Gasteiger partial charge is 0.338 e. The number of aryl methyl sites for hydroxylation is 1. The molecule has 0 saturated carbocycles. The monoisotopic (exact) mass is 328 g/mol. The fourth-order valence-electron chi connectivity index (χ4n) is 3.52. The summed E-state index contributed by atoms with van der Waals surface area (Å²) in [6.07, 6.45) is 3.37. The summed E-state index contributed by atoms with van der Waals surface area (Å²) in [6, 6.07) is 12.8. The molecule has 0 bridgehead atoms. The number of aldehydes is 1. The van der Waals surface area contributed by atoms with Gasteiger partial charge in [-0.1, -0.05) is 35.9 Å². The molecule has 3 rings (SSSR count). The second kappa shape index (κ2) is 6.17. The number of rotatable bonds is 3. The predicted octanol–water partition coefficient (Wildman–Crippen LogP) is 3.95. The van der Waals surface area contributed by atoms with Crippen LogP contribution in [0.4, 0.5) is 0 Å². The highest BCUT2D eigenvalue weighted by Gasteiger charge is 2.40. The second-order valence-electron chi connectivity index (χ2n) is 5.78. The highest BCUT2D eigenvalue weighted by atomic mass is 35.5. The molecule has 2 aromatic carbocycles. The Balaban J connectivity index is 2.26. The number of hydrogen-bond acceptors (Lipinski definition) is 3. The van der Waals surface area contributed by atoms with Crippen LogP contribution in [0.25, 0.3) is 0 Å². The summed E-state index contributed by atoms with van der Waals surface area (Å²) in [5.74, 6) is -0.428. The fraction of sp³-hybridized carbons (Fsp3) is 0.263. The molecule has 1 atom stereocenters. The molecular formula is C19H17ClO3. The predicted molar refractivity (Wildman–Crippen MR) is 89.0 cm³/mol. The molecule has 0 spiro atoms. The Labute approximate surface area is 140 Å². The van der Waals surface area contributed by atoms with Gasteiger partial charge in [0, 0.05) is 5.02 Å². The van der Waals surface area contributed by atoms with E-state index in [1.807, 2.05) is 24.3 Å². The average molecular weight is 329 g/mol. The van der Waals surface area contributed by atoms with Crippen LogP contribution in [0.3, 0.4) is 0 Å². The first-order valence-corrected chi connectivity index (χ1v) is 7.93. The van der Waals surface area contributed by atoms with Crippen molar-refractivity contribution in [3.05, 3.63) is 69.7 Å². The Kier molecular flexibility index (Phi) is 4.22. The summed E-state index contributed by atoms with van der Waals surface area (Å²) in [5.41, 5.74) is 2.30. The molecule has 23 heavy (non-hydrogen) atoms. The third kappa shape index (κ3) is 2.55. The van der Waals surface area contributed by atoms with Gasteiger partial charge in [0.25, 0.3) is 0 Å². The average Bonchev–Trinajstić information content (AvgIpc) is 2.60. The van der Waals surface area contributed by atoms with E-state index >= 15 is 0 Å². The van der Waals surface area contributed by atoms with Gasteiger partial charge in [-0.25, -0.2) is 4.79 Å². The lowest BCUT2D eigenvalue weighted by molar-refractivity contribution is -0.111. The zero-order valence-electron chi connectivity index (χ0n) is 12.8. The van der Waals surface area contributed by atoms with Gasteiger partial charge in [-0.05, 0) is 54.2 Å².